The molecule has 0 aromatic heterocycles. The Morgan fingerprint density at radius 1 is 1.19 bits per heavy atom. The summed E-state index contributed by atoms with van der Waals surface area (Å²) in [5, 5.41) is 14.0. The van der Waals surface area contributed by atoms with Gasteiger partial charge in [-0.2, -0.15) is 0 Å². The molecule has 168 valence electrons. The third kappa shape index (κ3) is 6.78. The normalized spacial score (nSPS) is 12.3. The molecule has 0 aliphatic heterocycles. The van der Waals surface area contributed by atoms with E-state index in [1.165, 1.54) is 24.3 Å². The molecule has 0 bridgehead atoms. The van der Waals surface area contributed by atoms with Crippen molar-refractivity contribution in [2.45, 2.75) is 46.1 Å². The zero-order valence-corrected chi connectivity index (χ0v) is 19.1. The first kappa shape index (κ1) is 24.3. The molecule has 0 heterocycles. The van der Waals surface area contributed by atoms with Gasteiger partial charge in [0.15, 0.2) is 0 Å². The van der Waals surface area contributed by atoms with Gasteiger partial charge in [0.1, 0.15) is 0 Å². The van der Waals surface area contributed by atoms with Crippen LogP contribution in [0.15, 0.2) is 42.5 Å². The monoisotopic (exact) mass is 447 g/mol. The van der Waals surface area contributed by atoms with E-state index in [2.05, 4.69) is 11.4 Å². The van der Waals surface area contributed by atoms with E-state index >= 15 is 0 Å². The zero-order chi connectivity index (χ0) is 23.2. The van der Waals surface area contributed by atoms with Crippen LogP contribution in [0.5, 0.6) is 0 Å². The van der Waals surface area contributed by atoms with Gasteiger partial charge in [-0.25, -0.2) is 8.42 Å². The van der Waals surface area contributed by atoms with Gasteiger partial charge in [-0.3, -0.25) is 19.2 Å². The van der Waals surface area contributed by atoms with Crippen molar-refractivity contribution in [3.63, 3.8) is 0 Å². The highest BCUT2D eigenvalue weighted by molar-refractivity contribution is 7.92. The molecule has 9 heteroatoms. The fraction of sp³-hybridized carbons (Fsp3) is 0.409. The van der Waals surface area contributed by atoms with Gasteiger partial charge in [-0.05, 0) is 43.9 Å². The van der Waals surface area contributed by atoms with Gasteiger partial charge in [-0.15, -0.1) is 0 Å². The highest BCUT2D eigenvalue weighted by atomic mass is 32.2. The molecule has 0 radical (unpaired) electrons. The van der Waals surface area contributed by atoms with Crippen LogP contribution in [0.1, 0.15) is 48.9 Å². The van der Waals surface area contributed by atoms with E-state index in [-0.39, 0.29) is 42.7 Å². The Kier molecular flexibility index (Phi) is 8.15. The lowest BCUT2D eigenvalue weighted by molar-refractivity contribution is -0.384. The number of benzene rings is 2. The molecule has 0 saturated carbocycles. The van der Waals surface area contributed by atoms with E-state index in [9.17, 15) is 23.3 Å². The largest absolute Gasteiger partial charge is 0.349 e. The second kappa shape index (κ2) is 10.4. The van der Waals surface area contributed by atoms with Crippen LogP contribution < -0.4 is 9.62 Å². The second-order valence-corrected chi connectivity index (χ2v) is 9.51. The standard InChI is InChI=1S/C22H29N3O5S/c1-5-21(20-12-11-16(2)14-17(20)3)23-22(26)10-7-13-24(31(4,29)30)18-8-6-9-19(15-18)25(27)28/h6,8-9,11-12,14-15,21H,5,7,10,13H2,1-4H3,(H,23,26)/t21-/m1/s1. The molecule has 1 amide bonds. The number of carbonyl (C=O) groups excluding carboxylic acids is 1. The van der Waals surface area contributed by atoms with Crippen molar-refractivity contribution >= 4 is 27.3 Å². The van der Waals surface area contributed by atoms with Gasteiger partial charge in [0.2, 0.25) is 15.9 Å². The van der Waals surface area contributed by atoms with E-state index < -0.39 is 14.9 Å². The first-order chi connectivity index (χ1) is 14.5. The first-order valence-corrected chi connectivity index (χ1v) is 12.0. The van der Waals surface area contributed by atoms with Crippen molar-refractivity contribution in [3.8, 4) is 0 Å². The number of rotatable bonds is 10. The predicted molar refractivity (Wildman–Crippen MR) is 122 cm³/mol. The number of anilines is 1. The Hall–Kier alpha value is -2.94. The summed E-state index contributed by atoms with van der Waals surface area (Å²) < 4.78 is 25.5. The minimum Gasteiger partial charge on any atom is -0.349 e. The maximum atomic E-state index is 12.5. The topological polar surface area (TPSA) is 110 Å². The molecule has 31 heavy (non-hydrogen) atoms. The van der Waals surface area contributed by atoms with Crippen LogP contribution in [0.2, 0.25) is 0 Å². The number of nitro groups is 1. The highest BCUT2D eigenvalue weighted by Gasteiger charge is 2.20. The molecule has 2 aromatic rings. The third-order valence-electron chi connectivity index (χ3n) is 5.04. The summed E-state index contributed by atoms with van der Waals surface area (Å²) in [5.74, 6) is -0.167. The Bertz CT molecular complexity index is 1050. The van der Waals surface area contributed by atoms with Crippen LogP contribution >= 0.6 is 0 Å². The van der Waals surface area contributed by atoms with Crippen molar-refractivity contribution in [2.75, 3.05) is 17.1 Å². The molecule has 0 fully saturated rings. The number of sulfonamides is 1. The molecule has 1 N–H and O–H groups in total. The number of nitrogens with one attached hydrogen (secondary N) is 1. The minimum atomic E-state index is -3.66. The van der Waals surface area contributed by atoms with Crippen LogP contribution in [0, 0.1) is 24.0 Å². The summed E-state index contributed by atoms with van der Waals surface area (Å²) in [5.41, 5.74) is 3.35. The van der Waals surface area contributed by atoms with Crippen LogP contribution in [0.3, 0.4) is 0 Å². The average molecular weight is 448 g/mol. The number of carbonyl (C=O) groups is 1. The lowest BCUT2D eigenvalue weighted by Gasteiger charge is -2.23. The van der Waals surface area contributed by atoms with Crippen LogP contribution in [0.4, 0.5) is 11.4 Å². The van der Waals surface area contributed by atoms with E-state index in [0.29, 0.717) is 0 Å². The Morgan fingerprint density at radius 2 is 1.90 bits per heavy atom. The highest BCUT2D eigenvalue weighted by Crippen LogP contribution is 2.24. The Labute approximate surface area is 183 Å². The van der Waals surface area contributed by atoms with Crippen molar-refractivity contribution < 1.29 is 18.1 Å². The van der Waals surface area contributed by atoms with Gasteiger partial charge in [0.05, 0.1) is 22.9 Å². The van der Waals surface area contributed by atoms with Crippen LogP contribution in [-0.2, 0) is 14.8 Å². The van der Waals surface area contributed by atoms with E-state index in [0.717, 1.165) is 33.7 Å². The SMILES string of the molecule is CC[C@@H](NC(=O)CCCN(c1cccc([N+](=O)[O-])c1)S(C)(=O)=O)c1ccc(C)cc1C. The van der Waals surface area contributed by atoms with E-state index in [1.807, 2.05) is 32.9 Å². The number of aryl methyl sites for hydroxylation is 2. The summed E-state index contributed by atoms with van der Waals surface area (Å²) in [6.45, 7) is 6.08. The van der Waals surface area contributed by atoms with Crippen molar-refractivity contribution in [2.24, 2.45) is 0 Å². The van der Waals surface area contributed by atoms with Crippen molar-refractivity contribution in [1.82, 2.24) is 5.32 Å². The summed E-state index contributed by atoms with van der Waals surface area (Å²) in [6, 6.07) is 11.5. The lowest BCUT2D eigenvalue weighted by Crippen LogP contribution is -2.33. The quantitative estimate of drug-likeness (QED) is 0.437. The molecule has 2 rings (SSSR count). The molecule has 0 saturated heterocycles. The fourth-order valence-corrected chi connectivity index (χ4v) is 4.47. The van der Waals surface area contributed by atoms with Gasteiger partial charge in [0.25, 0.3) is 5.69 Å². The van der Waals surface area contributed by atoms with Gasteiger partial charge < -0.3 is 5.32 Å². The number of amides is 1. The molecule has 0 unspecified atom stereocenters. The van der Waals surface area contributed by atoms with E-state index in [4.69, 9.17) is 0 Å². The molecule has 0 aliphatic carbocycles. The number of hydrogen-bond donors (Lipinski definition) is 1. The second-order valence-electron chi connectivity index (χ2n) is 7.60. The van der Waals surface area contributed by atoms with Crippen molar-refractivity contribution in [3.05, 3.63) is 69.3 Å². The maximum Gasteiger partial charge on any atom is 0.271 e. The summed E-state index contributed by atoms with van der Waals surface area (Å²) in [4.78, 5) is 22.9. The smallest absolute Gasteiger partial charge is 0.271 e. The number of nitro benzene ring substituents is 1. The molecule has 8 nitrogen and oxygen atoms in total. The average Bonchev–Trinajstić information content (AvgIpc) is 2.69. The first-order valence-electron chi connectivity index (χ1n) is 10.1. The van der Waals surface area contributed by atoms with Crippen molar-refractivity contribution in [1.29, 1.82) is 0 Å². The molecular weight excluding hydrogens is 418 g/mol. The van der Waals surface area contributed by atoms with E-state index in [1.54, 1.807) is 0 Å². The summed E-state index contributed by atoms with van der Waals surface area (Å²) >= 11 is 0. The van der Waals surface area contributed by atoms with Crippen LogP contribution in [-0.4, -0.2) is 32.0 Å². The van der Waals surface area contributed by atoms with Gasteiger partial charge in [0, 0.05) is 25.1 Å². The molecular formula is C22H29N3O5S. The fourth-order valence-electron chi connectivity index (χ4n) is 3.51. The lowest BCUT2D eigenvalue weighted by atomic mass is 9.97. The Morgan fingerprint density at radius 3 is 2.48 bits per heavy atom. The van der Waals surface area contributed by atoms with Gasteiger partial charge >= 0.3 is 0 Å². The minimum absolute atomic E-state index is 0.0494. The molecule has 0 spiro atoms. The van der Waals surface area contributed by atoms with Gasteiger partial charge in [-0.1, -0.05) is 36.8 Å². The molecule has 1 atom stereocenters. The molecule has 2 aromatic carbocycles. The van der Waals surface area contributed by atoms with Crippen LogP contribution in [0.25, 0.3) is 0 Å². The zero-order valence-electron chi connectivity index (χ0n) is 18.3. The number of hydrogen-bond acceptors (Lipinski definition) is 5. The number of non-ortho nitro benzene ring substituents is 1. The third-order valence-corrected chi connectivity index (χ3v) is 6.23. The Balaban J connectivity index is 2.04. The predicted octanol–water partition coefficient (Wildman–Crippen LogP) is 4.03. The summed E-state index contributed by atoms with van der Waals surface area (Å²) in [6.07, 6.45) is 2.20. The molecule has 0 aliphatic rings. The maximum absolute atomic E-state index is 12.5. The number of nitrogens with zero attached hydrogens (tertiary/aromatic N) is 2. The summed E-state index contributed by atoms with van der Waals surface area (Å²) in [7, 11) is -3.66.